The molecule has 1 amide bonds. The van der Waals surface area contributed by atoms with Gasteiger partial charge in [0.25, 0.3) is 0 Å². The molecule has 0 radical (unpaired) electrons. The third-order valence-corrected chi connectivity index (χ3v) is 3.49. The lowest BCUT2D eigenvalue weighted by Crippen LogP contribution is -2.52. The molecule has 4 nitrogen and oxygen atoms in total. The Balaban J connectivity index is 0.00000180. The fourth-order valence-electron chi connectivity index (χ4n) is 2.23. The number of hydrogen-bond acceptors (Lipinski definition) is 3. The van der Waals surface area contributed by atoms with Crippen molar-refractivity contribution >= 4 is 18.5 Å². The van der Waals surface area contributed by atoms with E-state index in [4.69, 9.17) is 10.5 Å². The van der Waals surface area contributed by atoms with E-state index in [0.717, 1.165) is 24.9 Å². The van der Waals surface area contributed by atoms with Gasteiger partial charge in [0.05, 0.1) is 0 Å². The molecular weight excluding hydrogens is 264 g/mol. The third kappa shape index (κ3) is 4.11. The molecule has 106 valence electrons. The van der Waals surface area contributed by atoms with Crippen molar-refractivity contribution in [2.45, 2.75) is 38.5 Å². The van der Waals surface area contributed by atoms with Crippen LogP contribution in [0.1, 0.15) is 25.3 Å². The molecule has 2 atom stereocenters. The number of rotatable bonds is 2. The summed E-state index contributed by atoms with van der Waals surface area (Å²) in [5.74, 6) is 0. The van der Waals surface area contributed by atoms with E-state index in [1.54, 1.807) is 4.90 Å². The van der Waals surface area contributed by atoms with Gasteiger partial charge in [0.2, 0.25) is 0 Å². The molecular formula is C14H21ClN2O2. The Morgan fingerprint density at radius 1 is 1.42 bits per heavy atom. The van der Waals surface area contributed by atoms with E-state index in [1.807, 2.05) is 37.3 Å². The molecule has 2 N–H and O–H groups in total. The minimum absolute atomic E-state index is 0. The number of ether oxygens (including phenoxy) is 1. The van der Waals surface area contributed by atoms with E-state index in [1.165, 1.54) is 0 Å². The van der Waals surface area contributed by atoms with E-state index < -0.39 is 0 Å². The molecule has 0 spiro atoms. The topological polar surface area (TPSA) is 55.6 Å². The largest absolute Gasteiger partial charge is 0.445 e. The molecule has 19 heavy (non-hydrogen) atoms. The fraction of sp³-hybridized carbons (Fsp3) is 0.500. The fourth-order valence-corrected chi connectivity index (χ4v) is 2.23. The van der Waals surface area contributed by atoms with E-state index in [0.29, 0.717) is 6.61 Å². The second-order valence-electron chi connectivity index (χ2n) is 4.78. The monoisotopic (exact) mass is 284 g/mol. The highest BCUT2D eigenvalue weighted by molar-refractivity contribution is 5.85. The highest BCUT2D eigenvalue weighted by Crippen LogP contribution is 2.17. The van der Waals surface area contributed by atoms with Gasteiger partial charge in [-0.15, -0.1) is 12.4 Å². The van der Waals surface area contributed by atoms with Gasteiger partial charge in [-0.05, 0) is 25.3 Å². The Kier molecular flexibility index (Phi) is 6.12. The molecule has 2 rings (SSSR count). The van der Waals surface area contributed by atoms with Crippen LogP contribution in [0.2, 0.25) is 0 Å². The van der Waals surface area contributed by atoms with Crippen molar-refractivity contribution in [1.82, 2.24) is 4.90 Å². The molecule has 0 saturated carbocycles. The van der Waals surface area contributed by atoms with Crippen LogP contribution in [0, 0.1) is 0 Å². The second-order valence-corrected chi connectivity index (χ2v) is 4.78. The molecule has 1 heterocycles. The van der Waals surface area contributed by atoms with Crippen LogP contribution in [0.15, 0.2) is 30.3 Å². The molecule has 5 heteroatoms. The van der Waals surface area contributed by atoms with Crippen molar-refractivity contribution in [3.05, 3.63) is 35.9 Å². The van der Waals surface area contributed by atoms with Gasteiger partial charge in [0.15, 0.2) is 0 Å². The van der Waals surface area contributed by atoms with Crippen LogP contribution < -0.4 is 5.73 Å². The summed E-state index contributed by atoms with van der Waals surface area (Å²) in [6, 6.07) is 9.81. The van der Waals surface area contributed by atoms with Crippen molar-refractivity contribution < 1.29 is 9.53 Å². The van der Waals surface area contributed by atoms with E-state index >= 15 is 0 Å². The van der Waals surface area contributed by atoms with Gasteiger partial charge in [-0.3, -0.25) is 0 Å². The number of nitrogens with two attached hydrogens (primary N) is 1. The number of carbonyl (C=O) groups is 1. The van der Waals surface area contributed by atoms with Gasteiger partial charge in [-0.1, -0.05) is 30.3 Å². The maximum absolute atomic E-state index is 12.0. The van der Waals surface area contributed by atoms with Crippen LogP contribution in [0.25, 0.3) is 0 Å². The zero-order valence-electron chi connectivity index (χ0n) is 11.1. The number of carbonyl (C=O) groups excluding carboxylic acids is 1. The zero-order chi connectivity index (χ0) is 13.0. The lowest BCUT2D eigenvalue weighted by Gasteiger charge is -2.36. The maximum atomic E-state index is 12.0. The van der Waals surface area contributed by atoms with Crippen LogP contribution in [0.3, 0.4) is 0 Å². The van der Waals surface area contributed by atoms with Crippen molar-refractivity contribution in [1.29, 1.82) is 0 Å². The Morgan fingerprint density at radius 2 is 2.11 bits per heavy atom. The van der Waals surface area contributed by atoms with Crippen molar-refractivity contribution in [2.24, 2.45) is 5.73 Å². The van der Waals surface area contributed by atoms with Crippen molar-refractivity contribution in [3.63, 3.8) is 0 Å². The molecule has 0 aliphatic carbocycles. The SMILES string of the molecule is C[C@H]1[C@@H](N)CCCN1C(=O)OCc1ccccc1.Cl. The molecule has 1 aromatic rings. The smallest absolute Gasteiger partial charge is 0.410 e. The average Bonchev–Trinajstić information content (AvgIpc) is 2.40. The minimum Gasteiger partial charge on any atom is -0.445 e. The number of likely N-dealkylation sites (tertiary alicyclic amines) is 1. The lowest BCUT2D eigenvalue weighted by molar-refractivity contribution is 0.0666. The number of amides is 1. The number of piperidine rings is 1. The molecule has 1 saturated heterocycles. The molecule has 0 bridgehead atoms. The summed E-state index contributed by atoms with van der Waals surface area (Å²) >= 11 is 0. The Morgan fingerprint density at radius 3 is 2.79 bits per heavy atom. The first-order valence-corrected chi connectivity index (χ1v) is 6.41. The van der Waals surface area contributed by atoms with Gasteiger partial charge in [0.1, 0.15) is 6.61 Å². The van der Waals surface area contributed by atoms with Gasteiger partial charge in [-0.2, -0.15) is 0 Å². The van der Waals surface area contributed by atoms with Gasteiger partial charge < -0.3 is 15.4 Å². The highest BCUT2D eigenvalue weighted by atomic mass is 35.5. The molecule has 1 fully saturated rings. The predicted molar refractivity (Wildman–Crippen MR) is 77.3 cm³/mol. The quantitative estimate of drug-likeness (QED) is 0.908. The average molecular weight is 285 g/mol. The summed E-state index contributed by atoms with van der Waals surface area (Å²) in [5.41, 5.74) is 6.96. The number of benzene rings is 1. The van der Waals surface area contributed by atoms with Crippen LogP contribution in [-0.2, 0) is 11.3 Å². The second kappa shape index (κ2) is 7.36. The van der Waals surface area contributed by atoms with Crippen LogP contribution in [0.5, 0.6) is 0 Å². The van der Waals surface area contributed by atoms with E-state index in [-0.39, 0.29) is 30.6 Å². The number of nitrogens with zero attached hydrogens (tertiary/aromatic N) is 1. The van der Waals surface area contributed by atoms with Gasteiger partial charge >= 0.3 is 6.09 Å². The first kappa shape index (κ1) is 15.8. The van der Waals surface area contributed by atoms with Crippen LogP contribution in [0.4, 0.5) is 4.79 Å². The Hall–Kier alpha value is -1.26. The lowest BCUT2D eigenvalue weighted by atomic mass is 9.99. The summed E-state index contributed by atoms with van der Waals surface area (Å²) < 4.78 is 5.32. The summed E-state index contributed by atoms with van der Waals surface area (Å²) in [6.07, 6.45) is 1.66. The maximum Gasteiger partial charge on any atom is 0.410 e. The number of hydrogen-bond donors (Lipinski definition) is 1. The summed E-state index contributed by atoms with van der Waals surface area (Å²) in [5, 5.41) is 0. The zero-order valence-corrected chi connectivity index (χ0v) is 11.9. The van der Waals surface area contributed by atoms with Gasteiger partial charge in [-0.25, -0.2) is 4.79 Å². The molecule has 1 aromatic carbocycles. The molecule has 0 unspecified atom stereocenters. The third-order valence-electron chi connectivity index (χ3n) is 3.49. The summed E-state index contributed by atoms with van der Waals surface area (Å²) in [4.78, 5) is 13.7. The molecule has 1 aliphatic rings. The highest BCUT2D eigenvalue weighted by Gasteiger charge is 2.29. The van der Waals surface area contributed by atoms with Crippen molar-refractivity contribution in [2.75, 3.05) is 6.54 Å². The van der Waals surface area contributed by atoms with Crippen LogP contribution >= 0.6 is 12.4 Å². The summed E-state index contributed by atoms with van der Waals surface area (Å²) in [6.45, 7) is 3.04. The summed E-state index contributed by atoms with van der Waals surface area (Å²) in [7, 11) is 0. The molecule has 1 aliphatic heterocycles. The number of halogens is 1. The van der Waals surface area contributed by atoms with Crippen molar-refractivity contribution in [3.8, 4) is 0 Å². The normalized spacial score (nSPS) is 22.5. The Labute approximate surface area is 120 Å². The van der Waals surface area contributed by atoms with E-state index in [9.17, 15) is 4.79 Å². The standard InChI is InChI=1S/C14H20N2O2.ClH/c1-11-13(15)8-5-9-16(11)14(17)18-10-12-6-3-2-4-7-12;/h2-4,6-7,11,13H,5,8-10,15H2,1H3;1H/t11-,13-;/m0./s1. The minimum atomic E-state index is -0.262. The Bertz CT molecular complexity index is 400. The van der Waals surface area contributed by atoms with E-state index in [2.05, 4.69) is 0 Å². The van der Waals surface area contributed by atoms with Crippen LogP contribution in [-0.4, -0.2) is 29.6 Å². The predicted octanol–water partition coefficient (Wildman–Crippen LogP) is 2.56. The first-order valence-electron chi connectivity index (χ1n) is 6.41. The first-order chi connectivity index (χ1) is 8.68. The molecule has 0 aromatic heterocycles. The van der Waals surface area contributed by atoms with Gasteiger partial charge in [0, 0.05) is 18.6 Å².